The summed E-state index contributed by atoms with van der Waals surface area (Å²) in [6, 6.07) is -0.125. The van der Waals surface area contributed by atoms with Crippen LogP contribution in [0.3, 0.4) is 0 Å². The molecule has 2 unspecified atom stereocenters. The van der Waals surface area contributed by atoms with Crippen molar-refractivity contribution >= 4 is 5.91 Å². The first-order valence-electron chi connectivity index (χ1n) is 6.00. The van der Waals surface area contributed by atoms with Crippen molar-refractivity contribution in [2.24, 2.45) is 5.92 Å². The largest absolute Gasteiger partial charge is 0.394 e. The number of rotatable bonds is 8. The predicted octanol–water partition coefficient (Wildman–Crippen LogP) is 2.09. The van der Waals surface area contributed by atoms with E-state index in [1.54, 1.807) is 6.92 Å². The van der Waals surface area contributed by atoms with Crippen LogP contribution in [0.4, 0.5) is 0 Å². The quantitative estimate of drug-likeness (QED) is 0.609. The SMILES string of the molecule is CCCCCC(C)CC(=O)NC(C)CO. The first kappa shape index (κ1) is 14.4. The summed E-state index contributed by atoms with van der Waals surface area (Å²) in [7, 11) is 0. The Bertz CT molecular complexity index is 171. The van der Waals surface area contributed by atoms with Gasteiger partial charge < -0.3 is 10.4 Å². The Labute approximate surface area is 93.3 Å². The molecule has 0 aromatic carbocycles. The van der Waals surface area contributed by atoms with Crippen LogP contribution in [0.15, 0.2) is 0 Å². The zero-order valence-corrected chi connectivity index (χ0v) is 10.3. The second-order valence-corrected chi connectivity index (χ2v) is 4.46. The van der Waals surface area contributed by atoms with Crippen LogP contribution in [0.2, 0.25) is 0 Å². The summed E-state index contributed by atoms with van der Waals surface area (Å²) in [5.74, 6) is 0.503. The average molecular weight is 215 g/mol. The van der Waals surface area contributed by atoms with Gasteiger partial charge in [-0.05, 0) is 12.8 Å². The van der Waals surface area contributed by atoms with Gasteiger partial charge in [-0.25, -0.2) is 0 Å². The molecule has 0 saturated carbocycles. The Kier molecular flexibility index (Phi) is 8.38. The van der Waals surface area contributed by atoms with E-state index in [-0.39, 0.29) is 18.6 Å². The predicted molar refractivity (Wildman–Crippen MR) is 62.6 cm³/mol. The maximum Gasteiger partial charge on any atom is 0.220 e. The normalized spacial score (nSPS) is 14.7. The molecule has 3 nitrogen and oxygen atoms in total. The molecule has 0 rings (SSSR count). The lowest BCUT2D eigenvalue weighted by Crippen LogP contribution is -2.35. The molecule has 0 aliphatic rings. The number of nitrogens with one attached hydrogen (secondary N) is 1. The lowest BCUT2D eigenvalue weighted by molar-refractivity contribution is -0.122. The number of hydrogen-bond acceptors (Lipinski definition) is 2. The van der Waals surface area contributed by atoms with Gasteiger partial charge in [-0.1, -0.05) is 39.5 Å². The Hall–Kier alpha value is -0.570. The molecule has 0 fully saturated rings. The minimum absolute atomic E-state index is 0.00988. The zero-order valence-electron chi connectivity index (χ0n) is 10.3. The van der Waals surface area contributed by atoms with Crippen LogP contribution < -0.4 is 5.32 Å². The van der Waals surface area contributed by atoms with Gasteiger partial charge in [-0.2, -0.15) is 0 Å². The summed E-state index contributed by atoms with van der Waals surface area (Å²) < 4.78 is 0. The summed E-state index contributed by atoms with van der Waals surface area (Å²) in [6.45, 7) is 6.11. The van der Waals surface area contributed by atoms with Crippen molar-refractivity contribution in [3.8, 4) is 0 Å². The Morgan fingerprint density at radius 2 is 2.00 bits per heavy atom. The number of carbonyl (C=O) groups is 1. The minimum Gasteiger partial charge on any atom is -0.394 e. The van der Waals surface area contributed by atoms with E-state index in [9.17, 15) is 4.79 Å². The molecule has 2 atom stereocenters. The summed E-state index contributed by atoms with van der Waals surface area (Å²) >= 11 is 0. The van der Waals surface area contributed by atoms with Gasteiger partial charge >= 0.3 is 0 Å². The molecule has 0 bridgehead atoms. The highest BCUT2D eigenvalue weighted by Crippen LogP contribution is 2.12. The average Bonchev–Trinajstić information content (AvgIpc) is 2.17. The van der Waals surface area contributed by atoms with Gasteiger partial charge in [-0.15, -0.1) is 0 Å². The third-order valence-corrected chi connectivity index (χ3v) is 2.52. The molecule has 3 heteroatoms. The fourth-order valence-corrected chi connectivity index (χ4v) is 1.54. The Balaban J connectivity index is 3.57. The van der Waals surface area contributed by atoms with Crippen molar-refractivity contribution in [1.29, 1.82) is 0 Å². The van der Waals surface area contributed by atoms with Crippen molar-refractivity contribution in [3.63, 3.8) is 0 Å². The zero-order chi connectivity index (χ0) is 11.7. The lowest BCUT2D eigenvalue weighted by atomic mass is 9.99. The van der Waals surface area contributed by atoms with Gasteiger partial charge in [0, 0.05) is 12.5 Å². The van der Waals surface area contributed by atoms with Gasteiger partial charge in [0.05, 0.1) is 6.61 Å². The van der Waals surface area contributed by atoms with Crippen LogP contribution in [0, 0.1) is 5.92 Å². The lowest BCUT2D eigenvalue weighted by Gasteiger charge is -2.14. The molecule has 0 aliphatic carbocycles. The number of aliphatic hydroxyl groups is 1. The Morgan fingerprint density at radius 1 is 1.33 bits per heavy atom. The maximum atomic E-state index is 11.4. The number of carbonyl (C=O) groups excluding carboxylic acids is 1. The van der Waals surface area contributed by atoms with E-state index in [0.717, 1.165) is 6.42 Å². The van der Waals surface area contributed by atoms with E-state index in [0.29, 0.717) is 12.3 Å². The summed E-state index contributed by atoms with van der Waals surface area (Å²) in [4.78, 5) is 11.4. The van der Waals surface area contributed by atoms with Gasteiger partial charge in [0.2, 0.25) is 5.91 Å². The molecule has 90 valence electrons. The first-order chi connectivity index (χ1) is 7.10. The minimum atomic E-state index is -0.125. The second-order valence-electron chi connectivity index (χ2n) is 4.46. The summed E-state index contributed by atoms with van der Waals surface area (Å²) in [5, 5.41) is 11.5. The smallest absolute Gasteiger partial charge is 0.220 e. The van der Waals surface area contributed by atoms with Gasteiger partial charge in [-0.3, -0.25) is 4.79 Å². The standard InChI is InChI=1S/C12H25NO2/c1-4-5-6-7-10(2)8-12(15)13-11(3)9-14/h10-11,14H,4-9H2,1-3H3,(H,13,15). The molecule has 2 N–H and O–H groups in total. The molecule has 1 amide bonds. The fraction of sp³-hybridized carbons (Fsp3) is 0.917. The molecular formula is C12H25NO2. The molecule has 0 heterocycles. The number of amides is 1. The van der Waals surface area contributed by atoms with Crippen LogP contribution in [0.5, 0.6) is 0 Å². The van der Waals surface area contributed by atoms with Crippen molar-refractivity contribution in [3.05, 3.63) is 0 Å². The van der Waals surface area contributed by atoms with Gasteiger partial charge in [0.25, 0.3) is 0 Å². The first-order valence-corrected chi connectivity index (χ1v) is 6.00. The second kappa shape index (κ2) is 8.72. The van der Waals surface area contributed by atoms with Gasteiger partial charge in [0.1, 0.15) is 0 Å². The number of unbranched alkanes of at least 4 members (excludes halogenated alkanes) is 2. The molecule has 0 aromatic heterocycles. The van der Waals surface area contributed by atoms with Crippen molar-refractivity contribution in [1.82, 2.24) is 5.32 Å². The van der Waals surface area contributed by atoms with Crippen LogP contribution in [0.25, 0.3) is 0 Å². The van der Waals surface area contributed by atoms with E-state index in [1.807, 2.05) is 0 Å². The highest BCUT2D eigenvalue weighted by Gasteiger charge is 2.10. The summed E-state index contributed by atoms with van der Waals surface area (Å²) in [6.07, 6.45) is 5.38. The third kappa shape index (κ3) is 8.43. The third-order valence-electron chi connectivity index (χ3n) is 2.52. The van der Waals surface area contributed by atoms with Crippen LogP contribution in [0.1, 0.15) is 52.9 Å². The van der Waals surface area contributed by atoms with Crippen molar-refractivity contribution in [2.75, 3.05) is 6.61 Å². The van der Waals surface area contributed by atoms with E-state index in [1.165, 1.54) is 19.3 Å². The molecule has 0 radical (unpaired) electrons. The van der Waals surface area contributed by atoms with E-state index in [2.05, 4.69) is 19.2 Å². The molecule has 0 saturated heterocycles. The summed E-state index contributed by atoms with van der Waals surface area (Å²) in [5.41, 5.74) is 0. The van der Waals surface area contributed by atoms with Crippen LogP contribution in [-0.2, 0) is 4.79 Å². The van der Waals surface area contributed by atoms with Crippen molar-refractivity contribution < 1.29 is 9.90 Å². The maximum absolute atomic E-state index is 11.4. The van der Waals surface area contributed by atoms with E-state index >= 15 is 0 Å². The Morgan fingerprint density at radius 3 is 2.53 bits per heavy atom. The highest BCUT2D eigenvalue weighted by molar-refractivity contribution is 5.76. The number of hydrogen-bond donors (Lipinski definition) is 2. The van der Waals surface area contributed by atoms with E-state index in [4.69, 9.17) is 5.11 Å². The molecule has 15 heavy (non-hydrogen) atoms. The van der Waals surface area contributed by atoms with Crippen LogP contribution in [-0.4, -0.2) is 23.7 Å². The van der Waals surface area contributed by atoms with Crippen molar-refractivity contribution in [2.45, 2.75) is 58.9 Å². The van der Waals surface area contributed by atoms with Gasteiger partial charge in [0.15, 0.2) is 0 Å². The monoisotopic (exact) mass is 215 g/mol. The topological polar surface area (TPSA) is 49.3 Å². The molecule has 0 spiro atoms. The molecule has 0 aliphatic heterocycles. The fourth-order valence-electron chi connectivity index (χ4n) is 1.54. The molecule has 0 aromatic rings. The number of aliphatic hydroxyl groups excluding tert-OH is 1. The van der Waals surface area contributed by atoms with E-state index < -0.39 is 0 Å². The van der Waals surface area contributed by atoms with Crippen LogP contribution >= 0.6 is 0 Å². The highest BCUT2D eigenvalue weighted by atomic mass is 16.3. The molecular weight excluding hydrogens is 190 g/mol.